The fourth-order valence-corrected chi connectivity index (χ4v) is 1.78. The van der Waals surface area contributed by atoms with Crippen LogP contribution in [0.3, 0.4) is 0 Å². The summed E-state index contributed by atoms with van der Waals surface area (Å²) in [6, 6.07) is 4.21. The van der Waals surface area contributed by atoms with E-state index in [-0.39, 0.29) is 5.56 Å². The molecule has 1 atom stereocenters. The van der Waals surface area contributed by atoms with E-state index < -0.39 is 29.8 Å². The van der Waals surface area contributed by atoms with Gasteiger partial charge in [0, 0.05) is 4.90 Å². The Balaban J connectivity index is 2.63. The Morgan fingerprint density at radius 1 is 1.24 bits per heavy atom. The van der Waals surface area contributed by atoms with Gasteiger partial charge in [0.15, 0.2) is 6.10 Å². The Morgan fingerprint density at radius 2 is 1.81 bits per heavy atom. The van der Waals surface area contributed by atoms with E-state index in [2.05, 4.69) is 0 Å². The topological polar surface area (TPSA) is 98.5 Å². The number of hydrogen-bond acceptors (Lipinski definition) is 5. The van der Waals surface area contributed by atoms with Gasteiger partial charge in [-0.3, -0.25) is 10.1 Å². The lowest BCUT2D eigenvalue weighted by atomic mass is 10.2. The van der Waals surface area contributed by atoms with Gasteiger partial charge >= 0.3 is 12.0 Å². The van der Waals surface area contributed by atoms with Crippen LogP contribution in [0.15, 0.2) is 29.2 Å². The van der Waals surface area contributed by atoms with Crippen molar-refractivity contribution in [2.75, 3.05) is 0 Å². The lowest BCUT2D eigenvalue weighted by Gasteiger charge is -2.12. The molecule has 0 aromatic heterocycles. The second-order valence-corrected chi connectivity index (χ2v) is 4.87. The average molecular weight is 318 g/mol. The van der Waals surface area contributed by atoms with Crippen molar-refractivity contribution < 1.29 is 27.9 Å². The van der Waals surface area contributed by atoms with Crippen LogP contribution in [0.4, 0.5) is 13.6 Å². The number of halogens is 2. The molecule has 0 aliphatic carbocycles. The van der Waals surface area contributed by atoms with Gasteiger partial charge in [-0.05, 0) is 31.2 Å². The van der Waals surface area contributed by atoms with Gasteiger partial charge in [0.1, 0.15) is 0 Å². The van der Waals surface area contributed by atoms with E-state index in [1.54, 1.807) is 5.32 Å². The molecular weight excluding hydrogens is 306 g/mol. The first-order valence-corrected chi connectivity index (χ1v) is 6.53. The van der Waals surface area contributed by atoms with Gasteiger partial charge in [-0.1, -0.05) is 11.8 Å². The Morgan fingerprint density at radius 3 is 2.29 bits per heavy atom. The number of nitrogens with two attached hydrogens (primary N) is 1. The van der Waals surface area contributed by atoms with Crippen molar-refractivity contribution >= 4 is 29.7 Å². The molecule has 0 radical (unpaired) electrons. The van der Waals surface area contributed by atoms with Gasteiger partial charge in [-0.2, -0.15) is 8.78 Å². The SMILES string of the molecule is C[C@@H](OC(=O)c1ccc(SC(F)F)cc1)C(=O)NC(N)=O. The van der Waals surface area contributed by atoms with Gasteiger partial charge in [-0.25, -0.2) is 9.59 Å². The van der Waals surface area contributed by atoms with E-state index in [4.69, 9.17) is 10.5 Å². The molecule has 21 heavy (non-hydrogen) atoms. The summed E-state index contributed by atoms with van der Waals surface area (Å²) in [5.41, 5.74) is 4.84. The number of alkyl halides is 2. The number of imide groups is 1. The summed E-state index contributed by atoms with van der Waals surface area (Å²) < 4.78 is 29.1. The lowest BCUT2D eigenvalue weighted by Crippen LogP contribution is -2.42. The highest BCUT2D eigenvalue weighted by molar-refractivity contribution is 7.99. The van der Waals surface area contributed by atoms with E-state index in [9.17, 15) is 23.2 Å². The summed E-state index contributed by atoms with van der Waals surface area (Å²) in [5.74, 6) is -4.24. The molecule has 114 valence electrons. The molecule has 0 spiro atoms. The molecule has 3 N–H and O–H groups in total. The number of thioether (sulfide) groups is 1. The molecule has 1 aromatic rings. The zero-order chi connectivity index (χ0) is 16.0. The minimum atomic E-state index is -2.56. The molecule has 0 bridgehead atoms. The van der Waals surface area contributed by atoms with Crippen LogP contribution < -0.4 is 11.1 Å². The number of primary amides is 1. The Hall–Kier alpha value is -2.16. The van der Waals surface area contributed by atoms with Crippen molar-refractivity contribution in [3.63, 3.8) is 0 Å². The highest BCUT2D eigenvalue weighted by atomic mass is 32.2. The molecule has 3 amide bonds. The molecule has 0 saturated heterocycles. The standard InChI is InChI=1S/C12H12F2N2O4S/c1-6(9(17)16-12(15)19)20-10(18)7-2-4-8(5-3-7)21-11(13)14/h2-6,11H,1H3,(H3,15,16,17,19)/t6-/m1/s1. The first-order valence-electron chi connectivity index (χ1n) is 5.65. The predicted octanol–water partition coefficient (Wildman–Crippen LogP) is 1.74. The molecular formula is C12H12F2N2O4S. The fraction of sp³-hybridized carbons (Fsp3) is 0.250. The number of carbonyl (C=O) groups is 3. The normalized spacial score (nSPS) is 11.8. The molecule has 0 heterocycles. The van der Waals surface area contributed by atoms with Gasteiger partial charge in [0.2, 0.25) is 0 Å². The van der Waals surface area contributed by atoms with Crippen LogP contribution in [0.2, 0.25) is 0 Å². The minimum absolute atomic E-state index is 0.0901. The summed E-state index contributed by atoms with van der Waals surface area (Å²) in [6.45, 7) is 1.26. The van der Waals surface area contributed by atoms with Crippen molar-refractivity contribution in [1.29, 1.82) is 0 Å². The van der Waals surface area contributed by atoms with E-state index >= 15 is 0 Å². The maximum atomic E-state index is 12.1. The van der Waals surface area contributed by atoms with E-state index in [0.717, 1.165) is 0 Å². The van der Waals surface area contributed by atoms with Crippen molar-refractivity contribution in [1.82, 2.24) is 5.32 Å². The molecule has 0 fully saturated rings. The Kier molecular flexibility index (Phi) is 6.10. The van der Waals surface area contributed by atoms with Crippen LogP contribution in [0.1, 0.15) is 17.3 Å². The van der Waals surface area contributed by atoms with Gasteiger partial charge in [-0.15, -0.1) is 0 Å². The van der Waals surface area contributed by atoms with Crippen LogP contribution in [0.5, 0.6) is 0 Å². The van der Waals surface area contributed by atoms with Gasteiger partial charge in [0.25, 0.3) is 11.7 Å². The number of ether oxygens (including phenoxy) is 1. The second-order valence-electron chi connectivity index (χ2n) is 3.80. The van der Waals surface area contributed by atoms with Crippen LogP contribution in [0, 0.1) is 0 Å². The molecule has 0 unspecified atom stereocenters. The third kappa shape index (κ3) is 5.78. The highest BCUT2D eigenvalue weighted by Crippen LogP contribution is 2.25. The molecule has 0 saturated carbocycles. The summed E-state index contributed by atoms with van der Waals surface area (Å²) >= 11 is 0.344. The first kappa shape index (κ1) is 16.9. The average Bonchev–Trinajstić information content (AvgIpc) is 2.37. The second kappa shape index (κ2) is 7.58. The molecule has 0 aliphatic heterocycles. The number of esters is 1. The van der Waals surface area contributed by atoms with Gasteiger partial charge < -0.3 is 10.5 Å². The largest absolute Gasteiger partial charge is 0.449 e. The fourth-order valence-electron chi connectivity index (χ4n) is 1.28. The first-order chi connectivity index (χ1) is 9.79. The van der Waals surface area contributed by atoms with Crippen LogP contribution >= 0.6 is 11.8 Å². The van der Waals surface area contributed by atoms with Crippen LogP contribution in [-0.4, -0.2) is 29.8 Å². The Bertz CT molecular complexity index is 537. The summed E-state index contributed by atoms with van der Waals surface area (Å²) in [6.07, 6.45) is -1.22. The number of nitrogens with one attached hydrogen (secondary N) is 1. The van der Waals surface area contributed by atoms with Crippen molar-refractivity contribution in [2.24, 2.45) is 5.73 Å². The quantitative estimate of drug-likeness (QED) is 0.636. The number of benzene rings is 1. The third-order valence-electron chi connectivity index (χ3n) is 2.21. The number of rotatable bonds is 5. The van der Waals surface area contributed by atoms with Crippen molar-refractivity contribution in [3.05, 3.63) is 29.8 Å². The number of urea groups is 1. The molecule has 6 nitrogen and oxygen atoms in total. The van der Waals surface area contributed by atoms with Crippen molar-refractivity contribution in [3.8, 4) is 0 Å². The summed E-state index contributed by atoms with van der Waals surface area (Å²) in [7, 11) is 0. The molecule has 0 aliphatic rings. The molecule has 1 rings (SSSR count). The smallest absolute Gasteiger partial charge is 0.338 e. The van der Waals surface area contributed by atoms with E-state index in [1.165, 1.54) is 31.2 Å². The Labute approximate surface area is 123 Å². The third-order valence-corrected chi connectivity index (χ3v) is 2.94. The minimum Gasteiger partial charge on any atom is -0.449 e. The van der Waals surface area contributed by atoms with E-state index in [1.807, 2.05) is 0 Å². The maximum Gasteiger partial charge on any atom is 0.338 e. The number of hydrogen-bond donors (Lipinski definition) is 2. The summed E-state index contributed by atoms with van der Waals surface area (Å²) in [5, 5.41) is 1.77. The van der Waals surface area contributed by atoms with E-state index in [0.29, 0.717) is 16.7 Å². The van der Waals surface area contributed by atoms with Crippen LogP contribution in [-0.2, 0) is 9.53 Å². The monoisotopic (exact) mass is 318 g/mol. The molecule has 9 heteroatoms. The van der Waals surface area contributed by atoms with Crippen molar-refractivity contribution in [2.45, 2.75) is 23.7 Å². The lowest BCUT2D eigenvalue weighted by molar-refractivity contribution is -0.127. The zero-order valence-corrected chi connectivity index (χ0v) is 11.7. The van der Waals surface area contributed by atoms with Gasteiger partial charge in [0.05, 0.1) is 5.56 Å². The number of amides is 3. The highest BCUT2D eigenvalue weighted by Gasteiger charge is 2.20. The molecule has 1 aromatic carbocycles. The summed E-state index contributed by atoms with van der Waals surface area (Å²) in [4.78, 5) is 33.8. The zero-order valence-electron chi connectivity index (χ0n) is 10.8. The number of carbonyl (C=O) groups excluding carboxylic acids is 3. The maximum absolute atomic E-state index is 12.1. The van der Waals surface area contributed by atoms with Crippen LogP contribution in [0.25, 0.3) is 0 Å². The predicted molar refractivity (Wildman–Crippen MR) is 70.9 cm³/mol.